The molecule has 1 rings (SSSR count). The largest absolute Gasteiger partial charge is 0.316 e. The molecular weight excluding hydrogens is 284 g/mol. The summed E-state index contributed by atoms with van der Waals surface area (Å²) >= 11 is 5.74. The molecule has 6 heteroatoms. The Kier molecular flexibility index (Phi) is 6.79. The molecule has 0 unspecified atom stereocenters. The molecule has 0 amide bonds. The second-order valence-corrected chi connectivity index (χ2v) is 7.23. The van der Waals surface area contributed by atoms with Crippen molar-refractivity contribution in [1.29, 1.82) is 0 Å². The van der Waals surface area contributed by atoms with Crippen molar-refractivity contribution >= 4 is 21.4 Å². The predicted molar refractivity (Wildman–Crippen MR) is 79.5 cm³/mol. The maximum atomic E-state index is 12.0. The van der Waals surface area contributed by atoms with Crippen LogP contribution < -0.4 is 5.32 Å². The maximum Gasteiger partial charge on any atom is 0.179 e. The number of hydrogen-bond donors (Lipinski definition) is 1. The van der Waals surface area contributed by atoms with Crippen molar-refractivity contribution in [1.82, 2.24) is 10.2 Å². The van der Waals surface area contributed by atoms with Crippen molar-refractivity contribution in [2.75, 3.05) is 39.5 Å². The standard InChI is InChI=1S/C13H21ClN2O2S/c1-16(2)10-3-8-15-9-11-19(17,18)13-6-4-12(14)5-7-13/h4-7,15H,3,8-11H2,1-2H3. The summed E-state index contributed by atoms with van der Waals surface area (Å²) in [5.74, 6) is 0.108. The highest BCUT2D eigenvalue weighted by Gasteiger charge is 2.13. The van der Waals surface area contributed by atoms with Gasteiger partial charge in [-0.05, 0) is 57.9 Å². The van der Waals surface area contributed by atoms with Crippen LogP contribution in [0.1, 0.15) is 6.42 Å². The van der Waals surface area contributed by atoms with Crippen molar-refractivity contribution in [2.45, 2.75) is 11.3 Å². The molecular formula is C13H21ClN2O2S. The lowest BCUT2D eigenvalue weighted by atomic mass is 10.4. The Morgan fingerprint density at radius 3 is 2.37 bits per heavy atom. The summed E-state index contributed by atoms with van der Waals surface area (Å²) in [4.78, 5) is 2.43. The second kappa shape index (κ2) is 7.85. The zero-order valence-electron chi connectivity index (χ0n) is 11.4. The predicted octanol–water partition coefficient (Wildman–Crippen LogP) is 1.66. The third-order valence-corrected chi connectivity index (χ3v) is 4.66. The van der Waals surface area contributed by atoms with E-state index in [1.165, 1.54) is 0 Å². The number of hydrogen-bond acceptors (Lipinski definition) is 4. The Bertz CT molecular complexity index is 472. The van der Waals surface area contributed by atoms with E-state index in [1.807, 2.05) is 14.1 Å². The number of rotatable bonds is 8. The first-order valence-corrected chi connectivity index (χ1v) is 8.28. The summed E-state index contributed by atoms with van der Waals surface area (Å²) in [5.41, 5.74) is 0. The fraction of sp³-hybridized carbons (Fsp3) is 0.538. The monoisotopic (exact) mass is 304 g/mol. The number of nitrogens with one attached hydrogen (secondary N) is 1. The van der Waals surface area contributed by atoms with Gasteiger partial charge >= 0.3 is 0 Å². The first-order chi connectivity index (χ1) is 8.92. The zero-order valence-corrected chi connectivity index (χ0v) is 13.0. The third-order valence-electron chi connectivity index (χ3n) is 2.68. The fourth-order valence-electron chi connectivity index (χ4n) is 1.61. The average Bonchev–Trinajstić information content (AvgIpc) is 2.34. The van der Waals surface area contributed by atoms with Gasteiger partial charge in [-0.2, -0.15) is 0 Å². The van der Waals surface area contributed by atoms with Gasteiger partial charge in [-0.3, -0.25) is 0 Å². The van der Waals surface area contributed by atoms with Crippen LogP contribution in [-0.2, 0) is 9.84 Å². The molecule has 0 fully saturated rings. The number of nitrogens with zero attached hydrogens (tertiary/aromatic N) is 1. The van der Waals surface area contributed by atoms with Gasteiger partial charge < -0.3 is 10.2 Å². The topological polar surface area (TPSA) is 49.4 Å². The minimum Gasteiger partial charge on any atom is -0.316 e. The molecule has 0 saturated carbocycles. The summed E-state index contributed by atoms with van der Waals surface area (Å²) in [6, 6.07) is 6.28. The van der Waals surface area contributed by atoms with Crippen LogP contribution in [0, 0.1) is 0 Å². The molecule has 0 saturated heterocycles. The average molecular weight is 305 g/mol. The van der Waals surface area contributed by atoms with E-state index in [2.05, 4.69) is 10.2 Å². The first kappa shape index (κ1) is 16.4. The van der Waals surface area contributed by atoms with Gasteiger partial charge in [-0.1, -0.05) is 11.6 Å². The van der Waals surface area contributed by atoms with Crippen LogP contribution in [0.4, 0.5) is 0 Å². The van der Waals surface area contributed by atoms with Crippen molar-refractivity contribution in [2.24, 2.45) is 0 Å². The molecule has 108 valence electrons. The van der Waals surface area contributed by atoms with Crippen molar-refractivity contribution in [3.63, 3.8) is 0 Å². The highest BCUT2D eigenvalue weighted by molar-refractivity contribution is 7.91. The lowest BCUT2D eigenvalue weighted by Crippen LogP contribution is -2.26. The summed E-state index contributed by atoms with van der Waals surface area (Å²) in [5, 5.41) is 3.69. The smallest absolute Gasteiger partial charge is 0.179 e. The Labute approximate surface area is 120 Å². The van der Waals surface area contributed by atoms with Crippen LogP contribution in [0.15, 0.2) is 29.2 Å². The Morgan fingerprint density at radius 1 is 1.16 bits per heavy atom. The number of benzene rings is 1. The highest BCUT2D eigenvalue weighted by Crippen LogP contribution is 2.14. The van der Waals surface area contributed by atoms with Crippen LogP contribution >= 0.6 is 11.6 Å². The van der Waals surface area contributed by atoms with E-state index in [-0.39, 0.29) is 5.75 Å². The van der Waals surface area contributed by atoms with E-state index in [0.29, 0.717) is 16.5 Å². The second-order valence-electron chi connectivity index (χ2n) is 4.68. The van der Waals surface area contributed by atoms with Crippen LogP contribution in [0.5, 0.6) is 0 Å². The lowest BCUT2D eigenvalue weighted by Gasteiger charge is -2.10. The minimum absolute atomic E-state index is 0.108. The quantitative estimate of drug-likeness (QED) is 0.742. The van der Waals surface area contributed by atoms with Crippen LogP contribution in [0.2, 0.25) is 5.02 Å². The van der Waals surface area contributed by atoms with E-state index in [9.17, 15) is 8.42 Å². The SMILES string of the molecule is CN(C)CCCNCCS(=O)(=O)c1ccc(Cl)cc1. The van der Waals surface area contributed by atoms with E-state index >= 15 is 0 Å². The van der Waals surface area contributed by atoms with E-state index in [0.717, 1.165) is 19.5 Å². The highest BCUT2D eigenvalue weighted by atomic mass is 35.5. The van der Waals surface area contributed by atoms with Gasteiger partial charge in [0.15, 0.2) is 9.84 Å². The molecule has 0 heterocycles. The van der Waals surface area contributed by atoms with E-state index in [1.54, 1.807) is 24.3 Å². The molecule has 0 aliphatic heterocycles. The van der Waals surface area contributed by atoms with Gasteiger partial charge in [-0.15, -0.1) is 0 Å². The molecule has 0 bridgehead atoms. The zero-order chi connectivity index (χ0) is 14.3. The molecule has 0 aliphatic carbocycles. The molecule has 1 aromatic carbocycles. The summed E-state index contributed by atoms with van der Waals surface area (Å²) in [7, 11) is 0.826. The summed E-state index contributed by atoms with van der Waals surface area (Å²) in [6.07, 6.45) is 1.01. The van der Waals surface area contributed by atoms with Gasteiger partial charge in [0.2, 0.25) is 0 Å². The number of halogens is 1. The number of sulfone groups is 1. The Balaban J connectivity index is 2.33. The van der Waals surface area contributed by atoms with E-state index in [4.69, 9.17) is 11.6 Å². The normalized spacial score (nSPS) is 12.0. The molecule has 1 N–H and O–H groups in total. The van der Waals surface area contributed by atoms with Gasteiger partial charge in [0.1, 0.15) is 0 Å². The van der Waals surface area contributed by atoms with Gasteiger partial charge in [0.05, 0.1) is 10.6 Å². The van der Waals surface area contributed by atoms with Gasteiger partial charge in [0.25, 0.3) is 0 Å². The van der Waals surface area contributed by atoms with E-state index < -0.39 is 9.84 Å². The molecule has 0 spiro atoms. The van der Waals surface area contributed by atoms with Crippen LogP contribution in [0.3, 0.4) is 0 Å². The molecule has 0 radical (unpaired) electrons. The van der Waals surface area contributed by atoms with Crippen molar-refractivity contribution in [3.05, 3.63) is 29.3 Å². The summed E-state index contributed by atoms with van der Waals surface area (Å²) < 4.78 is 24.0. The third kappa shape index (κ3) is 6.38. The van der Waals surface area contributed by atoms with Gasteiger partial charge in [-0.25, -0.2) is 8.42 Å². The Hall–Kier alpha value is -0.620. The molecule has 0 atom stereocenters. The first-order valence-electron chi connectivity index (χ1n) is 6.25. The van der Waals surface area contributed by atoms with Crippen LogP contribution in [0.25, 0.3) is 0 Å². The van der Waals surface area contributed by atoms with Crippen LogP contribution in [-0.4, -0.2) is 52.8 Å². The maximum absolute atomic E-state index is 12.0. The van der Waals surface area contributed by atoms with Crippen molar-refractivity contribution in [3.8, 4) is 0 Å². The van der Waals surface area contributed by atoms with Gasteiger partial charge in [0, 0.05) is 11.6 Å². The molecule has 0 aromatic heterocycles. The summed E-state index contributed by atoms with van der Waals surface area (Å²) in [6.45, 7) is 2.30. The Morgan fingerprint density at radius 2 is 1.79 bits per heavy atom. The fourth-order valence-corrected chi connectivity index (χ4v) is 2.94. The lowest BCUT2D eigenvalue weighted by molar-refractivity contribution is 0.395. The van der Waals surface area contributed by atoms with Crippen molar-refractivity contribution < 1.29 is 8.42 Å². The molecule has 4 nitrogen and oxygen atoms in total. The minimum atomic E-state index is -3.21. The molecule has 1 aromatic rings. The molecule has 0 aliphatic rings. The molecule has 19 heavy (non-hydrogen) atoms.